The highest BCUT2D eigenvalue weighted by atomic mass is 32.2. The Balaban J connectivity index is 1.80. The van der Waals surface area contributed by atoms with Gasteiger partial charge in [-0.15, -0.1) is 11.8 Å². The van der Waals surface area contributed by atoms with E-state index in [2.05, 4.69) is 0 Å². The highest BCUT2D eigenvalue weighted by Gasteiger charge is 2.48. The van der Waals surface area contributed by atoms with Gasteiger partial charge in [-0.05, 0) is 43.0 Å². The lowest BCUT2D eigenvalue weighted by Crippen LogP contribution is -2.32. The number of hydrazine groups is 1. The van der Waals surface area contributed by atoms with Gasteiger partial charge in [-0.3, -0.25) is 9.91 Å². The van der Waals surface area contributed by atoms with Crippen molar-refractivity contribution in [3.63, 3.8) is 0 Å². The number of halogens is 1. The minimum Gasteiger partial charge on any atom is -0.271 e. The van der Waals surface area contributed by atoms with E-state index in [0.29, 0.717) is 12.1 Å². The van der Waals surface area contributed by atoms with Crippen molar-refractivity contribution in [2.45, 2.75) is 17.5 Å². The molecule has 124 valence electrons. The smallest absolute Gasteiger partial charge is 0.271 e. The lowest BCUT2D eigenvalue weighted by Gasteiger charge is -2.28. The van der Waals surface area contributed by atoms with E-state index in [-0.39, 0.29) is 11.8 Å². The zero-order valence-electron chi connectivity index (χ0n) is 13.4. The fourth-order valence-electron chi connectivity index (χ4n) is 3.43. The van der Waals surface area contributed by atoms with Crippen LogP contribution in [0.3, 0.4) is 0 Å². The van der Waals surface area contributed by atoms with Crippen molar-refractivity contribution < 1.29 is 9.18 Å². The van der Waals surface area contributed by atoms with Crippen molar-refractivity contribution in [1.29, 1.82) is 0 Å². The summed E-state index contributed by atoms with van der Waals surface area (Å²) in [5, 5.41) is 3.71. The summed E-state index contributed by atoms with van der Waals surface area (Å²) in [4.78, 5) is 15.7. The topological polar surface area (TPSA) is 26.8 Å². The summed E-state index contributed by atoms with van der Waals surface area (Å²) >= 11 is 1.65. The van der Waals surface area contributed by atoms with E-state index in [1.54, 1.807) is 33.8 Å². The van der Waals surface area contributed by atoms with Crippen LogP contribution in [0.15, 0.2) is 53.4 Å². The summed E-state index contributed by atoms with van der Waals surface area (Å²) in [6, 6.07) is 14.5. The molecule has 2 saturated heterocycles. The number of hydrogen-bond acceptors (Lipinski definition) is 3. The van der Waals surface area contributed by atoms with Crippen molar-refractivity contribution in [3.05, 3.63) is 59.9 Å². The molecule has 1 atom stereocenters. The molecule has 2 aromatic carbocycles. The summed E-state index contributed by atoms with van der Waals surface area (Å²) in [6.45, 7) is 1.44. The van der Waals surface area contributed by atoms with E-state index in [4.69, 9.17) is 0 Å². The molecule has 0 N–H and O–H groups in total. The van der Waals surface area contributed by atoms with Crippen molar-refractivity contribution in [1.82, 2.24) is 10.0 Å². The summed E-state index contributed by atoms with van der Waals surface area (Å²) < 4.78 is 14.4. The Morgan fingerprint density at radius 1 is 1.08 bits per heavy atom. The fraction of sp³-hybridized carbons (Fsp3) is 0.278. The van der Waals surface area contributed by atoms with Gasteiger partial charge in [0.2, 0.25) is 0 Å². The number of fused-ring (bicyclic) bond motifs is 1. The first kappa shape index (κ1) is 15.5. The molecule has 6 heteroatoms. The average Bonchev–Trinajstić information content (AvgIpc) is 3.18. The lowest BCUT2D eigenvalue weighted by atomic mass is 10.1. The maximum Gasteiger partial charge on any atom is 0.340 e. The Labute approximate surface area is 144 Å². The number of carbonyl (C=O) groups excluding carboxylic acids is 1. The number of rotatable bonds is 3. The summed E-state index contributed by atoms with van der Waals surface area (Å²) in [5.74, 6) is -0.283. The maximum absolute atomic E-state index is 14.4. The Morgan fingerprint density at radius 3 is 2.54 bits per heavy atom. The first-order valence-corrected chi connectivity index (χ1v) is 9.19. The van der Waals surface area contributed by atoms with Crippen molar-refractivity contribution in [2.24, 2.45) is 0 Å². The van der Waals surface area contributed by atoms with Gasteiger partial charge < -0.3 is 0 Å². The van der Waals surface area contributed by atoms with Crippen LogP contribution in [0.2, 0.25) is 0 Å². The van der Waals surface area contributed by atoms with Gasteiger partial charge in [0.15, 0.2) is 0 Å². The summed E-state index contributed by atoms with van der Waals surface area (Å²) in [6.07, 6.45) is 2.50. The average molecular weight is 343 g/mol. The van der Waals surface area contributed by atoms with Crippen molar-refractivity contribution in [2.75, 3.05) is 24.2 Å². The van der Waals surface area contributed by atoms with Gasteiger partial charge in [-0.25, -0.2) is 9.18 Å². The molecule has 2 heterocycles. The fourth-order valence-corrected chi connectivity index (χ4v) is 3.84. The third-order valence-electron chi connectivity index (χ3n) is 4.55. The molecule has 0 bridgehead atoms. The molecular formula is C18H18FN3OS. The Morgan fingerprint density at radius 2 is 1.83 bits per heavy atom. The predicted molar refractivity (Wildman–Crippen MR) is 93.3 cm³/mol. The van der Waals surface area contributed by atoms with Crippen LogP contribution >= 0.6 is 11.8 Å². The summed E-state index contributed by atoms with van der Waals surface area (Å²) in [7, 11) is 0. The maximum atomic E-state index is 14.4. The second-order valence-corrected chi connectivity index (χ2v) is 6.77. The number of anilines is 1. The molecule has 0 spiro atoms. The minimum atomic E-state index is -0.429. The number of carbonyl (C=O) groups is 1. The van der Waals surface area contributed by atoms with Crippen molar-refractivity contribution >= 4 is 23.5 Å². The van der Waals surface area contributed by atoms with E-state index in [1.807, 2.05) is 41.6 Å². The molecular weight excluding hydrogens is 325 g/mol. The number of amides is 2. The Hall–Kier alpha value is -2.05. The highest BCUT2D eigenvalue weighted by molar-refractivity contribution is 7.98. The lowest BCUT2D eigenvalue weighted by molar-refractivity contribution is 0.0714. The van der Waals surface area contributed by atoms with Crippen LogP contribution < -0.4 is 4.90 Å². The van der Waals surface area contributed by atoms with E-state index in [0.717, 1.165) is 23.5 Å². The van der Waals surface area contributed by atoms with Gasteiger partial charge in [0.25, 0.3) is 0 Å². The second-order valence-electron chi connectivity index (χ2n) is 5.89. The first-order chi connectivity index (χ1) is 11.7. The van der Waals surface area contributed by atoms with Gasteiger partial charge >= 0.3 is 6.03 Å². The molecule has 0 saturated carbocycles. The molecule has 2 amide bonds. The SMILES string of the molecule is CSc1ccc(N2C(=O)N3CCCN3[C@H]2c2ccccc2F)cc1. The first-order valence-electron chi connectivity index (χ1n) is 7.96. The van der Waals surface area contributed by atoms with Crippen LogP contribution in [0.25, 0.3) is 0 Å². The van der Waals surface area contributed by atoms with Crippen LogP contribution in [0, 0.1) is 5.82 Å². The number of nitrogens with zero attached hydrogens (tertiary/aromatic N) is 3. The Kier molecular flexibility index (Phi) is 3.94. The van der Waals surface area contributed by atoms with Crippen LogP contribution in [0.5, 0.6) is 0 Å². The predicted octanol–water partition coefficient (Wildman–Crippen LogP) is 4.11. The molecule has 0 radical (unpaired) electrons. The number of benzene rings is 2. The molecule has 0 aromatic heterocycles. The number of hydrogen-bond donors (Lipinski definition) is 0. The molecule has 2 aliphatic rings. The third kappa shape index (κ3) is 2.37. The van der Waals surface area contributed by atoms with E-state index in [9.17, 15) is 9.18 Å². The standard InChI is InChI=1S/C18H18FN3OS/c1-24-14-9-7-13(8-10-14)22-17(15-5-2-3-6-16(15)19)20-11-4-12-21(20)18(22)23/h2-3,5-10,17H,4,11-12H2,1H3/t17-/m1/s1. The normalized spacial score (nSPS) is 20.8. The van der Waals surface area contributed by atoms with Gasteiger partial charge in [0.05, 0.1) is 0 Å². The summed E-state index contributed by atoms with van der Waals surface area (Å²) in [5.41, 5.74) is 1.32. The Bertz CT molecular complexity index is 767. The molecule has 0 aliphatic carbocycles. The second kappa shape index (κ2) is 6.11. The molecule has 0 unspecified atom stereocenters. The van der Waals surface area contributed by atoms with Crippen LogP contribution in [-0.4, -0.2) is 35.4 Å². The van der Waals surface area contributed by atoms with Crippen LogP contribution in [0.4, 0.5) is 14.9 Å². The monoisotopic (exact) mass is 343 g/mol. The highest BCUT2D eigenvalue weighted by Crippen LogP contribution is 2.41. The van der Waals surface area contributed by atoms with Gasteiger partial charge in [0, 0.05) is 29.2 Å². The molecule has 4 nitrogen and oxygen atoms in total. The minimum absolute atomic E-state index is 0.0855. The van der Waals surface area contributed by atoms with E-state index < -0.39 is 6.17 Å². The van der Waals surface area contributed by atoms with Crippen LogP contribution in [-0.2, 0) is 0 Å². The molecule has 2 aliphatic heterocycles. The van der Waals surface area contributed by atoms with E-state index >= 15 is 0 Å². The number of urea groups is 1. The largest absolute Gasteiger partial charge is 0.340 e. The van der Waals surface area contributed by atoms with Gasteiger partial charge in [0.1, 0.15) is 12.0 Å². The third-order valence-corrected chi connectivity index (χ3v) is 5.30. The number of thioether (sulfide) groups is 1. The van der Waals surface area contributed by atoms with Gasteiger partial charge in [-0.2, -0.15) is 5.01 Å². The van der Waals surface area contributed by atoms with Crippen LogP contribution in [0.1, 0.15) is 18.2 Å². The van der Waals surface area contributed by atoms with Crippen molar-refractivity contribution in [3.8, 4) is 0 Å². The van der Waals surface area contributed by atoms with Gasteiger partial charge in [-0.1, -0.05) is 18.2 Å². The zero-order valence-corrected chi connectivity index (χ0v) is 14.2. The molecule has 2 aromatic rings. The van der Waals surface area contributed by atoms with E-state index in [1.165, 1.54) is 6.07 Å². The molecule has 4 rings (SSSR count). The molecule has 24 heavy (non-hydrogen) atoms. The quantitative estimate of drug-likeness (QED) is 0.785. The zero-order chi connectivity index (χ0) is 16.7. The molecule has 2 fully saturated rings.